The van der Waals surface area contributed by atoms with Crippen LogP contribution in [0.5, 0.6) is 23.0 Å². The van der Waals surface area contributed by atoms with Gasteiger partial charge in [-0.3, -0.25) is 29.0 Å². The van der Waals surface area contributed by atoms with Crippen LogP contribution in [-0.2, 0) is 51.9 Å². The van der Waals surface area contributed by atoms with Crippen molar-refractivity contribution in [2.45, 2.75) is 42.0 Å². The Bertz CT molecular complexity index is 3200. The van der Waals surface area contributed by atoms with Gasteiger partial charge in [0.25, 0.3) is 0 Å². The topological polar surface area (TPSA) is 203 Å². The van der Waals surface area contributed by atoms with E-state index in [0.717, 1.165) is 21.9 Å². The Hall–Kier alpha value is -7.33. The lowest BCUT2D eigenvalue weighted by atomic mass is 9.77. The van der Waals surface area contributed by atoms with E-state index in [-0.39, 0.29) is 113 Å². The third kappa shape index (κ3) is 8.93. The Labute approximate surface area is 442 Å². The van der Waals surface area contributed by atoms with Gasteiger partial charge in [-0.05, 0) is 64.4 Å². The summed E-state index contributed by atoms with van der Waals surface area (Å²) in [6.07, 6.45) is 6.33. The zero-order valence-electron chi connectivity index (χ0n) is 39.0. The average Bonchev–Trinajstić information content (AvgIpc) is 4.19. The fourth-order valence-corrected chi connectivity index (χ4v) is 14.4. The van der Waals surface area contributed by atoms with Crippen molar-refractivity contribution in [1.29, 1.82) is 0 Å². The molecule has 2 saturated heterocycles. The van der Waals surface area contributed by atoms with Gasteiger partial charge in [0, 0.05) is 64.6 Å². The molecule has 4 atom stereocenters. The number of ether oxygens (including phenoxy) is 4. The minimum absolute atomic E-state index is 0.00456. The number of Topliss-reactive ketones (excluding diaryl/α,β-unsaturated/α-hetero) is 2. The maximum absolute atomic E-state index is 16.2. The van der Waals surface area contributed by atoms with Crippen molar-refractivity contribution in [2.24, 2.45) is 11.8 Å². The first-order valence-corrected chi connectivity index (χ1v) is 27.2. The lowest BCUT2D eigenvalue weighted by molar-refractivity contribution is -0.153. The minimum atomic E-state index is -1.88. The van der Waals surface area contributed by atoms with Gasteiger partial charge < -0.3 is 29.2 Å². The SMILES string of the molecule is O=C(Cc1cccs1)CC1C(=O)N2C(C(=O)O)=C(/C=C/COc3cc4c(cc3F)C3(OC(=O)c5ccccc53)c3cc(F)c(OC/C=C/C5=C(C(=O)O)N6C(=O)C(CC(=O)Cc7cccs7)C6SC5)cc3O4)CSC12. The van der Waals surface area contributed by atoms with E-state index in [1.807, 2.05) is 35.0 Å². The molecule has 0 aliphatic carbocycles. The second kappa shape index (κ2) is 20.1. The molecule has 6 aliphatic heterocycles. The molecule has 2 aromatic heterocycles. The largest absolute Gasteiger partial charge is 0.486 e. The number of benzene rings is 3. The monoisotopic (exact) mass is 1090 g/mol. The molecule has 6 aliphatic rings. The van der Waals surface area contributed by atoms with Gasteiger partial charge in [-0.15, -0.1) is 46.2 Å². The highest BCUT2D eigenvalue weighted by Crippen LogP contribution is 2.58. The number of aliphatic carboxylic acids is 2. The number of esters is 1. The number of allylic oxidation sites excluding steroid dienone is 2. The summed E-state index contributed by atoms with van der Waals surface area (Å²) in [5, 5.41) is 23.1. The molecule has 4 unspecified atom stereocenters. The number of halogens is 2. The van der Waals surface area contributed by atoms with Gasteiger partial charge in [-0.2, -0.15) is 0 Å². The molecule has 2 fully saturated rings. The number of ketones is 2. The molecule has 0 saturated carbocycles. The molecule has 15 nitrogen and oxygen atoms in total. The maximum atomic E-state index is 16.2. The van der Waals surface area contributed by atoms with Gasteiger partial charge >= 0.3 is 17.9 Å². The van der Waals surface area contributed by atoms with Crippen LogP contribution in [0.15, 0.2) is 130 Å². The molecule has 8 heterocycles. The predicted molar refractivity (Wildman–Crippen MR) is 272 cm³/mol. The molecule has 0 radical (unpaired) electrons. The van der Waals surface area contributed by atoms with Crippen molar-refractivity contribution >= 4 is 87.5 Å². The number of carbonyl (C=O) groups is 7. The van der Waals surface area contributed by atoms with Gasteiger partial charge in [0.2, 0.25) is 11.8 Å². The summed E-state index contributed by atoms with van der Waals surface area (Å²) < 4.78 is 56.5. The lowest BCUT2D eigenvalue weighted by Crippen LogP contribution is -2.61. The Morgan fingerprint density at radius 1 is 0.667 bits per heavy atom. The van der Waals surface area contributed by atoms with Gasteiger partial charge in [-0.1, -0.05) is 42.5 Å². The van der Waals surface area contributed by atoms with Gasteiger partial charge in [0.05, 0.1) is 39.3 Å². The number of hydrogen-bond donors (Lipinski definition) is 2. The fourth-order valence-electron chi connectivity index (χ4n) is 10.2. The lowest BCUT2D eigenvalue weighted by Gasteiger charge is -2.49. The standard InChI is InChI=1S/C54H40F2N2O13S4/c55-39-21-37-41(23-43(39)68-13-3-7-27-25-74-49-34(47(61)57(49)45(27)51(63)64)19-29(59)17-31-9-5-15-72-31)70-42-24-44(40(56)22-38(42)54(37)36-12-2-1-11-33(36)53(67)71-54)69-14-4-8-28-26-75-50-35(48(62)58(50)46(28)52(65)66)20-30(60)18-32-10-6-16-73-32/h1-12,15-16,21-24,34-35,49-50H,13-14,17-20,25-26H2,(H,63,64)(H,65,66)/b7-3+,8-4+. The van der Waals surface area contributed by atoms with Crippen molar-refractivity contribution in [1.82, 2.24) is 9.80 Å². The number of carboxylic acids is 2. The molecule has 11 rings (SSSR count). The Morgan fingerprint density at radius 3 is 1.60 bits per heavy atom. The average molecular weight is 1090 g/mol. The van der Waals surface area contributed by atoms with Gasteiger partial charge in [-0.25, -0.2) is 23.2 Å². The second-order valence-electron chi connectivity index (χ2n) is 18.1. The molecule has 5 aromatic rings. The number of thioether (sulfide) groups is 2. The van der Waals surface area contributed by atoms with Crippen LogP contribution < -0.4 is 14.2 Å². The highest BCUT2D eigenvalue weighted by Gasteiger charge is 2.56. The second-order valence-corrected chi connectivity index (χ2v) is 22.4. The number of nitrogens with zero attached hydrogens (tertiary/aromatic N) is 2. The van der Waals surface area contributed by atoms with Crippen LogP contribution >= 0.6 is 46.2 Å². The number of amides is 2. The zero-order chi connectivity index (χ0) is 52.3. The summed E-state index contributed by atoms with van der Waals surface area (Å²) in [5.41, 5.74) is -1.12. The fraction of sp³-hybridized carbons (Fsp3) is 0.241. The zero-order valence-corrected chi connectivity index (χ0v) is 42.3. The van der Waals surface area contributed by atoms with Crippen LogP contribution in [0.4, 0.5) is 8.78 Å². The highest BCUT2D eigenvalue weighted by molar-refractivity contribution is 8.00. The molecule has 3 aromatic carbocycles. The first-order valence-electron chi connectivity index (χ1n) is 23.4. The number of thiophene rings is 2. The third-order valence-corrected chi connectivity index (χ3v) is 18.0. The van der Waals surface area contributed by atoms with E-state index in [1.165, 1.54) is 98.5 Å². The molecule has 0 bridgehead atoms. The summed E-state index contributed by atoms with van der Waals surface area (Å²) in [4.78, 5) is 94.7. The molecule has 75 heavy (non-hydrogen) atoms. The molecule has 2 N–H and O–H groups in total. The highest BCUT2D eigenvalue weighted by atomic mass is 32.2. The number of carboxylic acid groups (broad SMARTS) is 2. The Kier molecular flexibility index (Phi) is 13.3. The van der Waals surface area contributed by atoms with E-state index < -0.39 is 69.5 Å². The Balaban J connectivity index is 0.798. The van der Waals surface area contributed by atoms with E-state index in [4.69, 9.17) is 18.9 Å². The van der Waals surface area contributed by atoms with E-state index in [2.05, 4.69) is 0 Å². The van der Waals surface area contributed by atoms with Crippen LogP contribution in [0, 0.1) is 23.5 Å². The van der Waals surface area contributed by atoms with E-state index in [1.54, 1.807) is 18.2 Å². The first kappa shape index (κ1) is 49.9. The van der Waals surface area contributed by atoms with Crippen molar-refractivity contribution < 1.29 is 71.5 Å². The summed E-state index contributed by atoms with van der Waals surface area (Å²) >= 11 is 5.58. The van der Waals surface area contributed by atoms with Crippen molar-refractivity contribution in [3.63, 3.8) is 0 Å². The molecule has 2 amide bonds. The van der Waals surface area contributed by atoms with Gasteiger partial charge in [0.1, 0.15) is 47.7 Å². The first-order chi connectivity index (χ1) is 36.2. The minimum Gasteiger partial charge on any atom is -0.486 e. The predicted octanol–water partition coefficient (Wildman–Crippen LogP) is 8.67. The Morgan fingerprint density at radius 2 is 1.15 bits per heavy atom. The molecule has 1 spiro atoms. The van der Waals surface area contributed by atoms with Gasteiger partial charge in [0.15, 0.2) is 28.7 Å². The van der Waals surface area contributed by atoms with Crippen molar-refractivity contribution in [2.75, 3.05) is 24.7 Å². The van der Waals surface area contributed by atoms with Crippen molar-refractivity contribution in [3.05, 3.63) is 174 Å². The summed E-state index contributed by atoms with van der Waals surface area (Å²) in [7, 11) is 0. The summed E-state index contributed by atoms with van der Waals surface area (Å²) in [6.45, 7) is -0.527. The van der Waals surface area contributed by atoms with E-state index >= 15 is 8.78 Å². The molecule has 382 valence electrons. The number of fused-ring (bicyclic) bond motifs is 8. The van der Waals surface area contributed by atoms with Crippen molar-refractivity contribution in [3.8, 4) is 23.0 Å². The number of hydrogen-bond acceptors (Lipinski definition) is 15. The number of carbonyl (C=O) groups excluding carboxylic acids is 5. The maximum Gasteiger partial charge on any atom is 0.352 e. The van der Waals surface area contributed by atoms with Crippen LogP contribution in [0.1, 0.15) is 49.6 Å². The number of β-lactam (4-membered cyclic amide) rings is 2. The molecular weight excluding hydrogens is 1050 g/mol. The van der Waals surface area contributed by atoms with Crippen LogP contribution in [0.25, 0.3) is 0 Å². The quantitative estimate of drug-likeness (QED) is 0.0623. The van der Waals surface area contributed by atoms with E-state index in [0.29, 0.717) is 16.7 Å². The van der Waals surface area contributed by atoms with Crippen LogP contribution in [0.2, 0.25) is 0 Å². The van der Waals surface area contributed by atoms with Crippen LogP contribution in [-0.4, -0.2) is 96.8 Å². The third-order valence-electron chi connectivity index (χ3n) is 13.5. The molecule has 21 heteroatoms. The van der Waals surface area contributed by atoms with E-state index in [9.17, 15) is 43.8 Å². The number of rotatable bonds is 18. The summed E-state index contributed by atoms with van der Waals surface area (Å²) in [6, 6.07) is 18.4. The normalized spacial score (nSPS) is 22.2. The van der Waals surface area contributed by atoms with Crippen LogP contribution in [0.3, 0.4) is 0 Å². The summed E-state index contributed by atoms with van der Waals surface area (Å²) in [5.74, 6) is -7.71. The molecular formula is C54H40F2N2O13S4. The smallest absolute Gasteiger partial charge is 0.352 e.